The summed E-state index contributed by atoms with van der Waals surface area (Å²) in [4.78, 5) is 23.6. The molecule has 0 unspecified atom stereocenters. The van der Waals surface area contributed by atoms with Gasteiger partial charge in [-0.3, -0.25) is 20.4 Å². The lowest BCUT2D eigenvalue weighted by molar-refractivity contribution is -0.130. The van der Waals surface area contributed by atoms with E-state index < -0.39 is 5.91 Å². The Morgan fingerprint density at radius 3 is 2.08 bits per heavy atom. The number of benzene rings is 2. The van der Waals surface area contributed by atoms with Gasteiger partial charge in [-0.15, -0.1) is 0 Å². The summed E-state index contributed by atoms with van der Waals surface area (Å²) in [7, 11) is 0. The number of rotatable bonds is 7. The molecular formula is C21H26N2O3. The fraction of sp³-hybridized carbons (Fsp3) is 0.333. The van der Waals surface area contributed by atoms with E-state index in [1.807, 2.05) is 44.2 Å². The molecule has 26 heavy (non-hydrogen) atoms. The van der Waals surface area contributed by atoms with E-state index in [9.17, 15) is 9.59 Å². The van der Waals surface area contributed by atoms with Crippen LogP contribution in [0.15, 0.2) is 42.5 Å². The summed E-state index contributed by atoms with van der Waals surface area (Å²) in [5.41, 5.74) is 9.30. The van der Waals surface area contributed by atoms with Crippen LogP contribution in [-0.2, 0) is 22.4 Å². The number of hydrogen-bond acceptors (Lipinski definition) is 3. The molecule has 0 saturated heterocycles. The van der Waals surface area contributed by atoms with Gasteiger partial charge in [0.25, 0.3) is 5.91 Å². The molecule has 5 heteroatoms. The van der Waals surface area contributed by atoms with Gasteiger partial charge >= 0.3 is 0 Å². The number of ether oxygens (including phenoxy) is 1. The van der Waals surface area contributed by atoms with Gasteiger partial charge in [-0.25, -0.2) is 0 Å². The van der Waals surface area contributed by atoms with Crippen LogP contribution in [0, 0.1) is 13.8 Å². The number of amides is 2. The maximum Gasteiger partial charge on any atom is 0.276 e. The third kappa shape index (κ3) is 6.59. The average Bonchev–Trinajstić information content (AvgIpc) is 2.62. The van der Waals surface area contributed by atoms with Crippen LogP contribution < -0.4 is 15.6 Å². The van der Waals surface area contributed by atoms with Crippen molar-refractivity contribution in [1.82, 2.24) is 10.9 Å². The van der Waals surface area contributed by atoms with E-state index in [2.05, 4.69) is 29.9 Å². The van der Waals surface area contributed by atoms with Gasteiger partial charge in [0, 0.05) is 6.42 Å². The fourth-order valence-corrected chi connectivity index (χ4v) is 2.60. The van der Waals surface area contributed by atoms with Gasteiger partial charge in [0.05, 0.1) is 0 Å². The van der Waals surface area contributed by atoms with Crippen molar-refractivity contribution in [2.45, 2.75) is 40.0 Å². The number of nitrogens with one attached hydrogen (secondary N) is 2. The minimum Gasteiger partial charge on any atom is -0.484 e. The second kappa shape index (κ2) is 9.61. The molecule has 2 N–H and O–H groups in total. The molecule has 2 amide bonds. The van der Waals surface area contributed by atoms with Gasteiger partial charge in [-0.05, 0) is 61.1 Å². The van der Waals surface area contributed by atoms with Crippen LogP contribution in [0.5, 0.6) is 5.75 Å². The molecule has 2 aromatic rings. The van der Waals surface area contributed by atoms with Crippen molar-refractivity contribution < 1.29 is 14.3 Å². The smallest absolute Gasteiger partial charge is 0.276 e. The Morgan fingerprint density at radius 2 is 1.46 bits per heavy atom. The molecule has 0 aliphatic carbocycles. The Balaban J connectivity index is 1.68. The molecule has 0 aliphatic heterocycles. The second-order valence-electron chi connectivity index (χ2n) is 6.38. The summed E-state index contributed by atoms with van der Waals surface area (Å²) < 4.78 is 5.45. The molecule has 0 fully saturated rings. The number of aryl methyl sites for hydroxylation is 4. The largest absolute Gasteiger partial charge is 0.484 e. The summed E-state index contributed by atoms with van der Waals surface area (Å²) in [6, 6.07) is 14.0. The van der Waals surface area contributed by atoms with Crippen LogP contribution in [0.1, 0.15) is 35.6 Å². The quantitative estimate of drug-likeness (QED) is 0.751. The predicted molar refractivity (Wildman–Crippen MR) is 102 cm³/mol. The Kier molecular flexibility index (Phi) is 7.21. The number of hydrogen-bond donors (Lipinski definition) is 2. The van der Waals surface area contributed by atoms with Crippen LogP contribution in [-0.4, -0.2) is 18.4 Å². The van der Waals surface area contributed by atoms with Gasteiger partial charge < -0.3 is 4.74 Å². The van der Waals surface area contributed by atoms with Crippen molar-refractivity contribution in [3.05, 3.63) is 64.7 Å². The van der Waals surface area contributed by atoms with Crippen LogP contribution in [0.25, 0.3) is 0 Å². The summed E-state index contributed by atoms with van der Waals surface area (Å²) >= 11 is 0. The summed E-state index contributed by atoms with van der Waals surface area (Å²) in [6.07, 6.45) is 1.94. The first-order chi connectivity index (χ1) is 12.5. The van der Waals surface area contributed by atoms with Crippen LogP contribution >= 0.6 is 0 Å². The van der Waals surface area contributed by atoms with Gasteiger partial charge in [0.1, 0.15) is 5.75 Å². The van der Waals surface area contributed by atoms with E-state index in [0.717, 1.165) is 23.1 Å². The first-order valence-corrected chi connectivity index (χ1v) is 8.83. The molecule has 138 valence electrons. The third-order valence-corrected chi connectivity index (χ3v) is 3.98. The van der Waals surface area contributed by atoms with Gasteiger partial charge in [-0.1, -0.05) is 37.3 Å². The molecule has 0 aromatic heterocycles. The average molecular weight is 354 g/mol. The highest BCUT2D eigenvalue weighted by molar-refractivity contribution is 5.82. The molecule has 0 saturated carbocycles. The molecule has 2 rings (SSSR count). The lowest BCUT2D eigenvalue weighted by Gasteiger charge is -2.10. The maximum atomic E-state index is 11.8. The van der Waals surface area contributed by atoms with E-state index in [1.54, 1.807) is 0 Å². The molecule has 0 atom stereocenters. The number of hydrazine groups is 1. The van der Waals surface area contributed by atoms with E-state index in [1.165, 1.54) is 5.56 Å². The third-order valence-electron chi connectivity index (χ3n) is 3.98. The second-order valence-corrected chi connectivity index (χ2v) is 6.38. The minimum absolute atomic E-state index is 0.151. The molecule has 5 nitrogen and oxygen atoms in total. The molecule has 0 heterocycles. The molecule has 0 bridgehead atoms. The summed E-state index contributed by atoms with van der Waals surface area (Å²) in [6.45, 7) is 5.89. The monoisotopic (exact) mass is 354 g/mol. The minimum atomic E-state index is -0.398. The Bertz CT molecular complexity index is 734. The predicted octanol–water partition coefficient (Wildman–Crippen LogP) is 3.02. The fourth-order valence-electron chi connectivity index (χ4n) is 2.60. The maximum absolute atomic E-state index is 11.8. The Morgan fingerprint density at radius 1 is 0.885 bits per heavy atom. The van der Waals surface area contributed by atoms with Crippen molar-refractivity contribution in [3.63, 3.8) is 0 Å². The van der Waals surface area contributed by atoms with E-state index >= 15 is 0 Å². The topological polar surface area (TPSA) is 67.4 Å². The Labute approximate surface area is 154 Å². The number of carbonyl (C=O) groups is 2. The zero-order valence-corrected chi connectivity index (χ0v) is 15.6. The molecular weight excluding hydrogens is 328 g/mol. The molecule has 2 aromatic carbocycles. The van der Waals surface area contributed by atoms with Gasteiger partial charge in [0.15, 0.2) is 6.61 Å². The standard InChI is InChI=1S/C21H26N2O3/c1-4-17-5-7-18(8-6-17)9-10-20(24)22-23-21(25)14-26-19-12-15(2)11-16(3)13-19/h5-8,11-13H,4,9-10,14H2,1-3H3,(H,22,24)(H,23,25). The lowest BCUT2D eigenvalue weighted by atomic mass is 10.1. The van der Waals surface area contributed by atoms with Crippen molar-refractivity contribution in [2.24, 2.45) is 0 Å². The normalized spacial score (nSPS) is 10.3. The van der Waals surface area contributed by atoms with Crippen molar-refractivity contribution in [2.75, 3.05) is 6.61 Å². The lowest BCUT2D eigenvalue weighted by Crippen LogP contribution is -2.43. The summed E-state index contributed by atoms with van der Waals surface area (Å²) in [5.74, 6) is 0.00799. The molecule has 0 spiro atoms. The summed E-state index contributed by atoms with van der Waals surface area (Å²) in [5, 5.41) is 0. The van der Waals surface area contributed by atoms with Crippen molar-refractivity contribution >= 4 is 11.8 Å². The molecule has 0 radical (unpaired) electrons. The highest BCUT2D eigenvalue weighted by atomic mass is 16.5. The van der Waals surface area contributed by atoms with Crippen LogP contribution in [0.4, 0.5) is 0 Å². The van der Waals surface area contributed by atoms with Gasteiger partial charge in [0.2, 0.25) is 5.91 Å². The van der Waals surface area contributed by atoms with Crippen molar-refractivity contribution in [1.29, 1.82) is 0 Å². The zero-order valence-electron chi connectivity index (χ0n) is 15.6. The zero-order chi connectivity index (χ0) is 18.9. The van der Waals surface area contributed by atoms with Crippen LogP contribution in [0.3, 0.4) is 0 Å². The first-order valence-electron chi connectivity index (χ1n) is 8.83. The number of carbonyl (C=O) groups excluding carboxylic acids is 2. The highest BCUT2D eigenvalue weighted by Gasteiger charge is 2.07. The SMILES string of the molecule is CCc1ccc(CCC(=O)NNC(=O)COc2cc(C)cc(C)c2)cc1. The van der Waals surface area contributed by atoms with E-state index in [4.69, 9.17) is 4.74 Å². The Hall–Kier alpha value is -2.82. The van der Waals surface area contributed by atoms with Gasteiger partial charge in [-0.2, -0.15) is 0 Å². The van der Waals surface area contributed by atoms with Crippen LogP contribution in [0.2, 0.25) is 0 Å². The van der Waals surface area contributed by atoms with E-state index in [0.29, 0.717) is 18.6 Å². The first kappa shape index (κ1) is 19.5. The van der Waals surface area contributed by atoms with Crippen molar-refractivity contribution in [3.8, 4) is 5.75 Å². The highest BCUT2D eigenvalue weighted by Crippen LogP contribution is 2.15. The molecule has 0 aliphatic rings. The van der Waals surface area contributed by atoms with E-state index in [-0.39, 0.29) is 12.5 Å².